The van der Waals surface area contributed by atoms with Crippen LogP contribution in [-0.2, 0) is 16.0 Å². The number of methoxy groups -OCH3 is 1. The number of aromatic hydroxyl groups is 1. The number of benzene rings is 1. The smallest absolute Gasteiger partial charge is 0.325 e. The largest absolute Gasteiger partial charge is 0.508 e. The molecule has 82 valence electrons. The van der Waals surface area contributed by atoms with E-state index in [1.54, 1.807) is 12.1 Å². The van der Waals surface area contributed by atoms with Gasteiger partial charge in [0, 0.05) is 6.42 Å². The van der Waals surface area contributed by atoms with Crippen molar-refractivity contribution in [1.82, 2.24) is 5.54 Å². The number of halogens is 1. The summed E-state index contributed by atoms with van der Waals surface area (Å²) in [7, 11) is 1.20. The average molecular weight is 213 g/mol. The van der Waals surface area contributed by atoms with Crippen molar-refractivity contribution >= 4 is 5.97 Å². The standard InChI is InChI=1S/C10H12FNO3/c1-15-10(14)9(12-11)6-7-2-4-8(13)5-3-7/h2-5,9,12-13H,6H2,1H3/t9-/m0/s1. The second kappa shape index (κ2) is 5.31. The molecule has 15 heavy (non-hydrogen) atoms. The highest BCUT2D eigenvalue weighted by molar-refractivity contribution is 5.75. The first-order chi connectivity index (χ1) is 7.17. The van der Waals surface area contributed by atoms with E-state index >= 15 is 0 Å². The zero-order valence-corrected chi connectivity index (χ0v) is 8.24. The summed E-state index contributed by atoms with van der Waals surface area (Å²) in [6.45, 7) is 0. The van der Waals surface area contributed by atoms with Gasteiger partial charge in [-0.25, -0.2) is 0 Å². The highest BCUT2D eigenvalue weighted by Crippen LogP contribution is 2.11. The van der Waals surface area contributed by atoms with Crippen LogP contribution in [0.25, 0.3) is 0 Å². The highest BCUT2D eigenvalue weighted by atomic mass is 19.2. The van der Waals surface area contributed by atoms with E-state index in [0.717, 1.165) is 5.56 Å². The van der Waals surface area contributed by atoms with E-state index in [9.17, 15) is 9.28 Å². The minimum Gasteiger partial charge on any atom is -0.508 e. The zero-order chi connectivity index (χ0) is 11.3. The molecule has 1 aromatic rings. The molecule has 0 amide bonds. The topological polar surface area (TPSA) is 58.6 Å². The maximum Gasteiger partial charge on any atom is 0.325 e. The Hall–Kier alpha value is -1.62. The fourth-order valence-corrected chi connectivity index (χ4v) is 1.18. The van der Waals surface area contributed by atoms with Gasteiger partial charge in [-0.05, 0) is 17.7 Å². The monoisotopic (exact) mass is 213 g/mol. The molecular formula is C10H12FNO3. The maximum absolute atomic E-state index is 12.3. The van der Waals surface area contributed by atoms with Gasteiger partial charge in [0.2, 0.25) is 0 Å². The van der Waals surface area contributed by atoms with Crippen molar-refractivity contribution in [1.29, 1.82) is 0 Å². The second-order valence-corrected chi connectivity index (χ2v) is 3.06. The first kappa shape index (κ1) is 11.5. The first-order valence-corrected chi connectivity index (χ1v) is 4.39. The molecule has 0 aliphatic rings. The number of ether oxygens (including phenoxy) is 1. The molecule has 1 atom stereocenters. The number of carbonyl (C=O) groups excluding carboxylic acids is 1. The normalized spacial score (nSPS) is 12.1. The van der Waals surface area contributed by atoms with Gasteiger partial charge in [-0.15, -0.1) is 10.0 Å². The molecular weight excluding hydrogens is 201 g/mol. The molecule has 0 fully saturated rings. The van der Waals surface area contributed by atoms with Crippen LogP contribution in [0.5, 0.6) is 5.75 Å². The van der Waals surface area contributed by atoms with Gasteiger partial charge in [-0.1, -0.05) is 12.1 Å². The van der Waals surface area contributed by atoms with Crippen molar-refractivity contribution in [3.8, 4) is 5.75 Å². The number of phenols is 1. The Morgan fingerprint density at radius 3 is 2.60 bits per heavy atom. The Morgan fingerprint density at radius 1 is 1.53 bits per heavy atom. The van der Waals surface area contributed by atoms with Crippen molar-refractivity contribution in [2.75, 3.05) is 7.11 Å². The van der Waals surface area contributed by atoms with E-state index in [1.807, 2.05) is 0 Å². The molecule has 4 nitrogen and oxygen atoms in total. The van der Waals surface area contributed by atoms with Gasteiger partial charge in [0.15, 0.2) is 0 Å². The maximum atomic E-state index is 12.3. The van der Waals surface area contributed by atoms with Crippen molar-refractivity contribution < 1.29 is 19.1 Å². The lowest BCUT2D eigenvalue weighted by molar-refractivity contribution is -0.144. The van der Waals surface area contributed by atoms with Gasteiger partial charge in [-0.2, -0.15) is 0 Å². The highest BCUT2D eigenvalue weighted by Gasteiger charge is 2.18. The fourth-order valence-electron chi connectivity index (χ4n) is 1.18. The zero-order valence-electron chi connectivity index (χ0n) is 8.24. The number of phenolic OH excluding ortho intramolecular Hbond substituents is 1. The van der Waals surface area contributed by atoms with Gasteiger partial charge in [0.05, 0.1) is 7.11 Å². The molecule has 5 heteroatoms. The number of carbonyl (C=O) groups is 1. The summed E-state index contributed by atoms with van der Waals surface area (Å²) in [6, 6.07) is 5.16. The van der Waals surface area contributed by atoms with E-state index in [4.69, 9.17) is 5.11 Å². The fraction of sp³-hybridized carbons (Fsp3) is 0.300. The van der Waals surface area contributed by atoms with Crippen LogP contribution in [0.3, 0.4) is 0 Å². The van der Waals surface area contributed by atoms with Crippen molar-refractivity contribution in [3.05, 3.63) is 29.8 Å². The van der Waals surface area contributed by atoms with Crippen molar-refractivity contribution in [2.24, 2.45) is 0 Å². The summed E-state index contributed by atoms with van der Waals surface area (Å²) in [5.74, 6) is -0.535. The molecule has 2 N–H and O–H groups in total. The lowest BCUT2D eigenvalue weighted by Gasteiger charge is -2.10. The summed E-state index contributed by atoms with van der Waals surface area (Å²) >= 11 is 0. The van der Waals surface area contributed by atoms with Crippen LogP contribution < -0.4 is 5.54 Å². The number of esters is 1. The Kier molecular flexibility index (Phi) is 4.05. The van der Waals surface area contributed by atoms with Crippen LogP contribution in [0.1, 0.15) is 5.56 Å². The SMILES string of the molecule is COC(=O)[C@H](Cc1ccc(O)cc1)NF. The lowest BCUT2D eigenvalue weighted by atomic mass is 10.1. The van der Waals surface area contributed by atoms with Crippen molar-refractivity contribution in [2.45, 2.75) is 12.5 Å². The van der Waals surface area contributed by atoms with E-state index < -0.39 is 12.0 Å². The van der Waals surface area contributed by atoms with E-state index in [-0.39, 0.29) is 12.2 Å². The molecule has 1 rings (SSSR count). The van der Waals surface area contributed by atoms with Gasteiger partial charge in [0.1, 0.15) is 11.8 Å². The van der Waals surface area contributed by atoms with Gasteiger partial charge in [-0.3, -0.25) is 4.79 Å². The molecule has 0 bridgehead atoms. The minimum atomic E-state index is -1.01. The second-order valence-electron chi connectivity index (χ2n) is 3.06. The molecule has 0 aliphatic carbocycles. The average Bonchev–Trinajstić information content (AvgIpc) is 2.27. The third-order valence-corrected chi connectivity index (χ3v) is 1.99. The Morgan fingerprint density at radius 2 is 2.13 bits per heavy atom. The Balaban J connectivity index is 2.66. The molecule has 0 saturated heterocycles. The van der Waals surface area contributed by atoms with Crippen LogP contribution in [0, 0.1) is 0 Å². The quantitative estimate of drug-likeness (QED) is 0.577. The summed E-state index contributed by atoms with van der Waals surface area (Å²) < 4.78 is 16.7. The summed E-state index contributed by atoms with van der Waals surface area (Å²) in [5, 5.41) is 9.02. The molecule has 0 saturated carbocycles. The predicted molar refractivity (Wildman–Crippen MR) is 51.9 cm³/mol. The van der Waals surface area contributed by atoms with Crippen LogP contribution >= 0.6 is 0 Å². The Bertz CT molecular complexity index is 326. The van der Waals surface area contributed by atoms with Gasteiger partial charge < -0.3 is 9.84 Å². The molecule has 0 aliphatic heterocycles. The third kappa shape index (κ3) is 3.21. The molecule has 1 aromatic carbocycles. The van der Waals surface area contributed by atoms with E-state index in [1.165, 1.54) is 24.8 Å². The number of nitrogens with one attached hydrogen (secondary N) is 1. The summed E-state index contributed by atoms with van der Waals surface area (Å²) in [4.78, 5) is 11.0. The molecule has 0 spiro atoms. The minimum absolute atomic E-state index is 0.126. The first-order valence-electron chi connectivity index (χ1n) is 4.39. The van der Waals surface area contributed by atoms with Crippen LogP contribution in [0.15, 0.2) is 24.3 Å². The van der Waals surface area contributed by atoms with Crippen LogP contribution in [0.2, 0.25) is 0 Å². The molecule has 0 heterocycles. The van der Waals surface area contributed by atoms with Crippen LogP contribution in [0.4, 0.5) is 4.48 Å². The predicted octanol–water partition coefficient (Wildman–Crippen LogP) is 0.950. The molecule has 0 unspecified atom stereocenters. The molecule has 0 radical (unpaired) electrons. The lowest BCUT2D eigenvalue weighted by Crippen LogP contribution is -2.34. The Labute approximate surface area is 86.6 Å². The summed E-state index contributed by atoms with van der Waals surface area (Å²) in [6.07, 6.45) is 0.170. The van der Waals surface area contributed by atoms with Gasteiger partial charge >= 0.3 is 5.97 Å². The van der Waals surface area contributed by atoms with Crippen LogP contribution in [-0.4, -0.2) is 24.2 Å². The number of hydrogen-bond acceptors (Lipinski definition) is 4. The van der Waals surface area contributed by atoms with Crippen molar-refractivity contribution in [3.63, 3.8) is 0 Å². The van der Waals surface area contributed by atoms with E-state index in [2.05, 4.69) is 4.74 Å². The number of hydrogen-bond donors (Lipinski definition) is 2. The summed E-state index contributed by atoms with van der Waals surface area (Å²) in [5.41, 5.74) is 2.11. The molecule has 0 aromatic heterocycles. The number of rotatable bonds is 4. The third-order valence-electron chi connectivity index (χ3n) is 1.99. The van der Waals surface area contributed by atoms with Gasteiger partial charge in [0.25, 0.3) is 0 Å². The van der Waals surface area contributed by atoms with E-state index in [0.29, 0.717) is 0 Å².